The Balaban J connectivity index is 1.04. The lowest BCUT2D eigenvalue weighted by molar-refractivity contribution is 0.669. The van der Waals surface area contributed by atoms with Gasteiger partial charge in [0.15, 0.2) is 0 Å². The van der Waals surface area contributed by atoms with E-state index in [1.54, 1.807) is 0 Å². The van der Waals surface area contributed by atoms with Crippen LogP contribution in [0.3, 0.4) is 0 Å². The molecule has 10 aromatic rings. The van der Waals surface area contributed by atoms with Gasteiger partial charge in [-0.2, -0.15) is 0 Å². The predicted octanol–water partition coefficient (Wildman–Crippen LogP) is 14.3. The summed E-state index contributed by atoms with van der Waals surface area (Å²) in [6, 6.07) is 65.7. The van der Waals surface area contributed by atoms with Gasteiger partial charge in [0.2, 0.25) is 0 Å². The highest BCUT2D eigenvalue weighted by atomic mass is 16.3. The summed E-state index contributed by atoms with van der Waals surface area (Å²) in [6.45, 7) is 0. The Labute approximate surface area is 319 Å². The molecule has 2 heterocycles. The molecule has 0 bridgehead atoms. The molecule has 0 N–H and O–H groups in total. The Hall–Kier alpha value is -7.10. The molecule has 1 aliphatic rings. The van der Waals surface area contributed by atoms with Crippen molar-refractivity contribution in [2.45, 2.75) is 12.3 Å². The molecule has 260 valence electrons. The molecule has 0 radical (unpaired) electrons. The SMILES string of the molecule is C1=CC(c2ccccc2)CC(N(c2ccc(-c3ccccc3-n3c4ccccc4c4c5ccccc5ccc43)cc2)c2ccc3oc4ccccc4c3c2)=C1. The molecule has 3 nitrogen and oxygen atoms in total. The first-order valence-corrected chi connectivity index (χ1v) is 19.0. The third-order valence-electron chi connectivity index (χ3n) is 11.3. The maximum Gasteiger partial charge on any atom is 0.135 e. The van der Waals surface area contributed by atoms with Crippen LogP contribution in [0.2, 0.25) is 0 Å². The minimum atomic E-state index is 0.289. The van der Waals surface area contributed by atoms with E-state index in [9.17, 15) is 0 Å². The largest absolute Gasteiger partial charge is 0.456 e. The van der Waals surface area contributed by atoms with Crippen molar-refractivity contribution in [3.63, 3.8) is 0 Å². The van der Waals surface area contributed by atoms with Crippen molar-refractivity contribution >= 4 is 65.9 Å². The van der Waals surface area contributed by atoms with Crippen molar-refractivity contribution < 1.29 is 4.42 Å². The topological polar surface area (TPSA) is 21.3 Å². The van der Waals surface area contributed by atoms with Crippen molar-refractivity contribution in [3.8, 4) is 16.8 Å². The number of aromatic nitrogens is 1. The zero-order valence-corrected chi connectivity index (χ0v) is 30.1. The van der Waals surface area contributed by atoms with Crippen molar-refractivity contribution in [2.24, 2.45) is 0 Å². The van der Waals surface area contributed by atoms with Crippen LogP contribution in [-0.2, 0) is 0 Å². The average Bonchev–Trinajstić information content (AvgIpc) is 3.80. The number of furan rings is 1. The van der Waals surface area contributed by atoms with Gasteiger partial charge in [0, 0.05) is 50.1 Å². The molecule has 11 rings (SSSR count). The number of anilines is 2. The lowest BCUT2D eigenvalue weighted by Gasteiger charge is -2.31. The minimum absolute atomic E-state index is 0.289. The molecule has 0 amide bonds. The number of para-hydroxylation sites is 3. The highest BCUT2D eigenvalue weighted by molar-refractivity contribution is 6.21. The van der Waals surface area contributed by atoms with Gasteiger partial charge in [-0.15, -0.1) is 0 Å². The molecule has 1 atom stereocenters. The van der Waals surface area contributed by atoms with Crippen LogP contribution in [-0.4, -0.2) is 4.57 Å². The number of benzene rings is 8. The van der Waals surface area contributed by atoms with E-state index < -0.39 is 0 Å². The summed E-state index contributed by atoms with van der Waals surface area (Å²) in [5.41, 5.74) is 12.5. The Morgan fingerprint density at radius 2 is 1.24 bits per heavy atom. The van der Waals surface area contributed by atoms with Crippen LogP contribution in [0, 0.1) is 0 Å². The van der Waals surface area contributed by atoms with Gasteiger partial charge in [-0.25, -0.2) is 0 Å². The molecule has 3 heteroatoms. The molecular formula is C52H36N2O. The summed E-state index contributed by atoms with van der Waals surface area (Å²) in [6.07, 6.45) is 7.69. The summed E-state index contributed by atoms with van der Waals surface area (Å²) < 4.78 is 8.69. The van der Waals surface area contributed by atoms with E-state index in [2.05, 4.69) is 198 Å². The molecule has 1 aliphatic carbocycles. The monoisotopic (exact) mass is 704 g/mol. The lowest BCUT2D eigenvalue weighted by atomic mass is 9.90. The van der Waals surface area contributed by atoms with E-state index >= 15 is 0 Å². The summed E-state index contributed by atoms with van der Waals surface area (Å²) >= 11 is 0. The highest BCUT2D eigenvalue weighted by Crippen LogP contribution is 2.43. The molecular weight excluding hydrogens is 669 g/mol. The predicted molar refractivity (Wildman–Crippen MR) is 231 cm³/mol. The van der Waals surface area contributed by atoms with E-state index in [1.165, 1.54) is 55.0 Å². The van der Waals surface area contributed by atoms with Gasteiger partial charge in [0.05, 0.1) is 16.7 Å². The number of fused-ring (bicyclic) bond motifs is 8. The number of allylic oxidation sites excluding steroid dienone is 4. The normalized spacial score (nSPS) is 14.3. The van der Waals surface area contributed by atoms with E-state index in [-0.39, 0.29) is 5.92 Å². The van der Waals surface area contributed by atoms with Crippen molar-refractivity contribution in [2.75, 3.05) is 4.90 Å². The van der Waals surface area contributed by atoms with Crippen LogP contribution in [0.1, 0.15) is 17.9 Å². The highest BCUT2D eigenvalue weighted by Gasteiger charge is 2.23. The van der Waals surface area contributed by atoms with Gasteiger partial charge in [-0.05, 0) is 89.0 Å². The lowest BCUT2D eigenvalue weighted by Crippen LogP contribution is -2.19. The van der Waals surface area contributed by atoms with Gasteiger partial charge in [0.1, 0.15) is 11.2 Å². The summed E-state index contributed by atoms with van der Waals surface area (Å²) in [5, 5.41) is 7.34. The first-order chi connectivity index (χ1) is 27.3. The van der Waals surface area contributed by atoms with Gasteiger partial charge < -0.3 is 13.9 Å². The fourth-order valence-corrected chi connectivity index (χ4v) is 8.79. The molecule has 0 spiro atoms. The van der Waals surface area contributed by atoms with Crippen LogP contribution >= 0.6 is 0 Å². The van der Waals surface area contributed by atoms with Crippen LogP contribution in [0.5, 0.6) is 0 Å². The van der Waals surface area contributed by atoms with Crippen LogP contribution in [0.25, 0.3) is 71.3 Å². The Bertz CT molecular complexity index is 3130. The summed E-state index contributed by atoms with van der Waals surface area (Å²) in [4.78, 5) is 2.43. The molecule has 8 aromatic carbocycles. The van der Waals surface area contributed by atoms with Gasteiger partial charge in [-0.1, -0.05) is 140 Å². The van der Waals surface area contributed by atoms with E-state index in [4.69, 9.17) is 4.42 Å². The number of hydrogen-bond acceptors (Lipinski definition) is 2. The zero-order chi connectivity index (χ0) is 36.3. The molecule has 1 unspecified atom stereocenters. The molecule has 55 heavy (non-hydrogen) atoms. The Morgan fingerprint density at radius 1 is 0.527 bits per heavy atom. The zero-order valence-electron chi connectivity index (χ0n) is 30.1. The second-order valence-corrected chi connectivity index (χ2v) is 14.5. The quantitative estimate of drug-likeness (QED) is 0.172. The van der Waals surface area contributed by atoms with Crippen molar-refractivity contribution in [1.29, 1.82) is 0 Å². The van der Waals surface area contributed by atoms with Crippen LogP contribution in [0.15, 0.2) is 210 Å². The second kappa shape index (κ2) is 12.8. The van der Waals surface area contributed by atoms with Gasteiger partial charge >= 0.3 is 0 Å². The first kappa shape index (κ1) is 31.4. The maximum atomic E-state index is 6.25. The van der Waals surface area contributed by atoms with Crippen LogP contribution in [0.4, 0.5) is 11.4 Å². The second-order valence-electron chi connectivity index (χ2n) is 14.5. The Kier molecular flexibility index (Phi) is 7.31. The average molecular weight is 705 g/mol. The maximum absolute atomic E-state index is 6.25. The number of rotatable bonds is 6. The fraction of sp³-hybridized carbons (Fsp3) is 0.0385. The Morgan fingerprint density at radius 3 is 2.13 bits per heavy atom. The third kappa shape index (κ3) is 5.20. The minimum Gasteiger partial charge on any atom is -0.456 e. The van der Waals surface area contributed by atoms with Crippen molar-refractivity contribution in [3.05, 3.63) is 211 Å². The molecule has 0 saturated carbocycles. The number of nitrogens with zero attached hydrogens (tertiary/aromatic N) is 2. The molecule has 2 aromatic heterocycles. The van der Waals surface area contributed by atoms with E-state index in [1.807, 2.05) is 12.1 Å². The number of hydrogen-bond donors (Lipinski definition) is 0. The van der Waals surface area contributed by atoms with Crippen molar-refractivity contribution in [1.82, 2.24) is 4.57 Å². The standard InChI is InChI=1S/C52H36N2O/c1-2-13-35(14-3-1)38-16-12-17-40(33-38)53(41-30-32-51-46(34-41)44-20-8-11-24-50(44)55-51)39-28-25-37(26-29-39)42-18-6-9-22-47(42)54-48-23-10-7-21-45(48)52-43-19-5-4-15-36(43)27-31-49(52)54/h1-32,34,38H,33H2. The molecule has 0 fully saturated rings. The molecule has 0 aliphatic heterocycles. The third-order valence-corrected chi connectivity index (χ3v) is 11.3. The summed E-state index contributed by atoms with van der Waals surface area (Å²) in [7, 11) is 0. The van der Waals surface area contributed by atoms with E-state index in [0.717, 1.165) is 45.4 Å². The van der Waals surface area contributed by atoms with Crippen LogP contribution < -0.4 is 4.90 Å². The first-order valence-electron chi connectivity index (χ1n) is 19.0. The van der Waals surface area contributed by atoms with E-state index in [0.29, 0.717) is 0 Å². The molecule has 0 saturated heterocycles. The fourth-order valence-electron chi connectivity index (χ4n) is 8.79. The summed E-state index contributed by atoms with van der Waals surface area (Å²) in [5.74, 6) is 0.289. The smallest absolute Gasteiger partial charge is 0.135 e. The van der Waals surface area contributed by atoms with Gasteiger partial charge in [-0.3, -0.25) is 0 Å². The van der Waals surface area contributed by atoms with Gasteiger partial charge in [0.25, 0.3) is 0 Å².